The number of carbonyl (C=O) groups excluding carboxylic acids is 3. The molecule has 6 nitrogen and oxygen atoms in total. The van der Waals surface area contributed by atoms with Crippen molar-refractivity contribution in [3.63, 3.8) is 0 Å². The van der Waals surface area contributed by atoms with Crippen LogP contribution in [0.15, 0.2) is 0 Å². The standard InChI is InChI=1S/C21H33Br3N2O4/c1-8-11-30-14-21(10-9-15(27)18(2,3)22,12-25-16(28)19(4,5)23)13-26-17(29)20(6,7)24/h1H,9-14H2,2-7H3,(H,25,28)(H,26,29). The van der Waals surface area contributed by atoms with Gasteiger partial charge in [0.15, 0.2) is 0 Å². The quantitative estimate of drug-likeness (QED) is 0.188. The Labute approximate surface area is 205 Å². The largest absolute Gasteiger partial charge is 0.368 e. The molecule has 30 heavy (non-hydrogen) atoms. The van der Waals surface area contributed by atoms with Crippen LogP contribution in [0.25, 0.3) is 0 Å². The zero-order chi connectivity index (χ0) is 23.8. The summed E-state index contributed by atoms with van der Waals surface area (Å²) in [7, 11) is 0. The molecule has 172 valence electrons. The number of Topliss-reactive ketones (excluding diaryl/α,β-unsaturated/α-hetero) is 1. The molecule has 0 saturated carbocycles. The highest BCUT2D eigenvalue weighted by Crippen LogP contribution is 2.29. The summed E-state index contributed by atoms with van der Waals surface area (Å²) in [6, 6.07) is 0. The molecule has 0 radical (unpaired) electrons. The number of amides is 2. The van der Waals surface area contributed by atoms with Gasteiger partial charge in [0.05, 0.1) is 19.6 Å². The monoisotopic (exact) mass is 614 g/mol. The van der Waals surface area contributed by atoms with E-state index < -0.39 is 18.4 Å². The van der Waals surface area contributed by atoms with Gasteiger partial charge in [-0.2, -0.15) is 0 Å². The molecule has 0 heterocycles. The van der Waals surface area contributed by atoms with Gasteiger partial charge in [0.1, 0.15) is 12.4 Å². The first-order valence-corrected chi connectivity index (χ1v) is 12.0. The van der Waals surface area contributed by atoms with Crippen molar-refractivity contribution in [2.75, 3.05) is 26.3 Å². The predicted molar refractivity (Wildman–Crippen MR) is 131 cm³/mol. The van der Waals surface area contributed by atoms with Gasteiger partial charge in [0, 0.05) is 24.9 Å². The Morgan fingerprint density at radius 1 is 0.867 bits per heavy atom. The van der Waals surface area contributed by atoms with Crippen LogP contribution >= 0.6 is 47.8 Å². The molecule has 0 saturated heterocycles. The van der Waals surface area contributed by atoms with E-state index in [9.17, 15) is 14.4 Å². The van der Waals surface area contributed by atoms with Crippen LogP contribution in [0.5, 0.6) is 0 Å². The molecule has 0 atom stereocenters. The lowest BCUT2D eigenvalue weighted by Crippen LogP contribution is -2.52. The fourth-order valence-electron chi connectivity index (χ4n) is 2.37. The van der Waals surface area contributed by atoms with Crippen molar-refractivity contribution < 1.29 is 19.1 Å². The van der Waals surface area contributed by atoms with Gasteiger partial charge in [0.2, 0.25) is 11.8 Å². The van der Waals surface area contributed by atoms with Gasteiger partial charge in [0.25, 0.3) is 0 Å². The van der Waals surface area contributed by atoms with E-state index >= 15 is 0 Å². The van der Waals surface area contributed by atoms with Crippen molar-refractivity contribution in [1.82, 2.24) is 10.6 Å². The van der Waals surface area contributed by atoms with Gasteiger partial charge >= 0.3 is 0 Å². The van der Waals surface area contributed by atoms with Crippen molar-refractivity contribution in [2.24, 2.45) is 5.41 Å². The van der Waals surface area contributed by atoms with Gasteiger partial charge in [-0.15, -0.1) is 6.42 Å². The lowest BCUT2D eigenvalue weighted by molar-refractivity contribution is -0.124. The third kappa shape index (κ3) is 11.3. The van der Waals surface area contributed by atoms with Crippen LogP contribution < -0.4 is 10.6 Å². The maximum absolute atomic E-state index is 12.5. The minimum absolute atomic E-state index is 0.0168. The Bertz CT molecular complexity index is 579. The van der Waals surface area contributed by atoms with E-state index in [4.69, 9.17) is 11.2 Å². The highest BCUT2D eigenvalue weighted by molar-refractivity contribution is 9.10. The molecule has 9 heteroatoms. The first kappa shape index (κ1) is 29.6. The summed E-state index contributed by atoms with van der Waals surface area (Å²) in [5.41, 5.74) is -0.716. The van der Waals surface area contributed by atoms with Crippen LogP contribution in [0.2, 0.25) is 0 Å². The van der Waals surface area contributed by atoms with E-state index in [-0.39, 0.29) is 50.3 Å². The highest BCUT2D eigenvalue weighted by atomic mass is 79.9. The number of hydrogen-bond donors (Lipinski definition) is 2. The van der Waals surface area contributed by atoms with Gasteiger partial charge in [-0.05, 0) is 48.0 Å². The summed E-state index contributed by atoms with van der Waals surface area (Å²) in [6.07, 6.45) is 5.96. The SMILES string of the molecule is C#CCOCC(CCC(=O)C(C)(C)Br)(CNC(=O)C(C)(C)Br)CNC(=O)C(C)(C)Br. The summed E-state index contributed by atoms with van der Waals surface area (Å²) in [5.74, 6) is 2.03. The Balaban J connectivity index is 5.68. The topological polar surface area (TPSA) is 84.5 Å². The number of nitrogens with one attached hydrogen (secondary N) is 2. The molecule has 0 unspecified atom stereocenters. The fraction of sp³-hybridized carbons (Fsp3) is 0.762. The van der Waals surface area contributed by atoms with E-state index in [0.717, 1.165) is 0 Å². The lowest BCUT2D eigenvalue weighted by atomic mass is 9.81. The summed E-state index contributed by atoms with van der Waals surface area (Å²) in [6.45, 7) is 11.2. The predicted octanol–water partition coefficient (Wildman–Crippen LogP) is 3.72. The molecule has 2 amide bonds. The van der Waals surface area contributed by atoms with Crippen LogP contribution in [0.3, 0.4) is 0 Å². The zero-order valence-electron chi connectivity index (χ0n) is 18.6. The molecule has 0 spiro atoms. The van der Waals surface area contributed by atoms with Gasteiger partial charge in [-0.1, -0.05) is 53.7 Å². The smallest absolute Gasteiger partial charge is 0.236 e. The molecule has 0 rings (SSSR count). The summed E-state index contributed by atoms with van der Waals surface area (Å²) < 4.78 is 3.44. The van der Waals surface area contributed by atoms with Crippen LogP contribution in [0.1, 0.15) is 54.4 Å². The number of halogens is 3. The minimum atomic E-state index is -0.757. The molecule has 0 aromatic rings. The van der Waals surface area contributed by atoms with E-state index in [1.165, 1.54) is 0 Å². The molecular weight excluding hydrogens is 584 g/mol. The Morgan fingerprint density at radius 2 is 1.30 bits per heavy atom. The van der Waals surface area contributed by atoms with Crippen molar-refractivity contribution >= 4 is 65.4 Å². The van der Waals surface area contributed by atoms with Gasteiger partial charge in [-0.3, -0.25) is 14.4 Å². The Hall–Kier alpha value is -0.430. The van der Waals surface area contributed by atoms with Crippen LogP contribution in [-0.2, 0) is 19.1 Å². The molecule has 2 N–H and O–H groups in total. The molecule has 0 aliphatic rings. The van der Waals surface area contributed by atoms with Crippen LogP contribution in [0.4, 0.5) is 0 Å². The molecule has 0 aliphatic carbocycles. The average molecular weight is 617 g/mol. The molecule has 0 bridgehead atoms. The van der Waals surface area contributed by atoms with Gasteiger partial charge in [-0.25, -0.2) is 0 Å². The number of rotatable bonds is 13. The highest BCUT2D eigenvalue weighted by Gasteiger charge is 2.37. The van der Waals surface area contributed by atoms with E-state index in [2.05, 4.69) is 64.3 Å². The van der Waals surface area contributed by atoms with Crippen LogP contribution in [0, 0.1) is 17.8 Å². The maximum atomic E-state index is 12.5. The summed E-state index contributed by atoms with van der Waals surface area (Å²) >= 11 is 10.1. The molecular formula is C21H33Br3N2O4. The van der Waals surface area contributed by atoms with Crippen LogP contribution in [-0.4, -0.2) is 56.9 Å². The number of terminal acetylenes is 1. The summed E-state index contributed by atoms with van der Waals surface area (Å²) in [4.78, 5) is 37.4. The number of ketones is 1. The molecule has 0 aliphatic heterocycles. The minimum Gasteiger partial charge on any atom is -0.368 e. The van der Waals surface area contributed by atoms with Gasteiger partial charge < -0.3 is 15.4 Å². The van der Waals surface area contributed by atoms with E-state index in [0.29, 0.717) is 6.42 Å². The van der Waals surface area contributed by atoms with E-state index in [1.54, 1.807) is 41.5 Å². The normalized spacial score (nSPS) is 12.8. The maximum Gasteiger partial charge on any atom is 0.236 e. The summed E-state index contributed by atoms with van der Waals surface area (Å²) in [5, 5.41) is 5.82. The molecule has 0 fully saturated rings. The molecule has 0 aromatic carbocycles. The molecule has 0 aromatic heterocycles. The second-order valence-corrected chi connectivity index (χ2v) is 14.9. The van der Waals surface area contributed by atoms with E-state index in [1.807, 2.05) is 0 Å². The first-order valence-electron chi connectivity index (χ1n) is 9.62. The Morgan fingerprint density at radius 3 is 1.63 bits per heavy atom. The number of carbonyl (C=O) groups is 3. The number of ether oxygens (including phenoxy) is 1. The van der Waals surface area contributed by atoms with Crippen molar-refractivity contribution in [3.05, 3.63) is 0 Å². The number of hydrogen-bond acceptors (Lipinski definition) is 4. The Kier molecular flexibility index (Phi) is 11.8. The number of alkyl halides is 3. The average Bonchev–Trinajstić information content (AvgIpc) is 2.59. The third-order valence-corrected chi connectivity index (χ3v) is 5.63. The zero-order valence-corrected chi connectivity index (χ0v) is 23.3. The van der Waals surface area contributed by atoms with Crippen molar-refractivity contribution in [1.29, 1.82) is 0 Å². The fourth-order valence-corrected chi connectivity index (χ4v) is 2.85. The van der Waals surface area contributed by atoms with Crippen molar-refractivity contribution in [2.45, 2.75) is 67.4 Å². The second kappa shape index (κ2) is 12.0. The van der Waals surface area contributed by atoms with Crippen molar-refractivity contribution in [3.8, 4) is 12.3 Å². The lowest BCUT2D eigenvalue weighted by Gasteiger charge is -2.35. The third-order valence-electron chi connectivity index (χ3n) is 4.47. The second-order valence-electron chi connectivity index (χ2n) is 8.90. The first-order chi connectivity index (χ1) is 13.4.